The van der Waals surface area contributed by atoms with Crippen LogP contribution >= 0.6 is 11.8 Å². The summed E-state index contributed by atoms with van der Waals surface area (Å²) in [5.74, 6) is 2.09. The maximum atomic E-state index is 12.5. The number of benzene rings is 2. The molecule has 1 aromatic heterocycles. The Kier molecular flexibility index (Phi) is 12.3. The van der Waals surface area contributed by atoms with Gasteiger partial charge in [-0.25, -0.2) is 4.98 Å². The van der Waals surface area contributed by atoms with Crippen molar-refractivity contribution in [3.63, 3.8) is 0 Å². The summed E-state index contributed by atoms with van der Waals surface area (Å²) in [7, 11) is 4.21. The number of nitrogens with zero attached hydrogens (tertiary/aromatic N) is 2. The van der Waals surface area contributed by atoms with Crippen LogP contribution in [0.4, 0.5) is 0 Å². The van der Waals surface area contributed by atoms with E-state index in [2.05, 4.69) is 53.9 Å². The molecule has 6 nitrogen and oxygen atoms in total. The molecule has 0 saturated carbocycles. The Labute approximate surface area is 231 Å². The molecular formula is C31H40N4O2S. The van der Waals surface area contributed by atoms with Gasteiger partial charge < -0.3 is 15.5 Å². The summed E-state index contributed by atoms with van der Waals surface area (Å²) in [4.78, 5) is 30.5. The molecule has 202 valence electrons. The standard InChI is InChI=1S/C31H40N4O2S/c1-24(36)32-19-6-4-5-7-20-33-31(37)28-17-15-27(16-18-28)30-10-8-9-29(34-30)26-13-11-25(12-14-26)23-38-22-21-35(2)3/h8-18H,4-7,19-23H2,1-3H3,(H,32,36)(H,33,37). The largest absolute Gasteiger partial charge is 0.356 e. The Morgan fingerprint density at radius 3 is 1.95 bits per heavy atom. The van der Waals surface area contributed by atoms with Crippen LogP contribution in [0.3, 0.4) is 0 Å². The summed E-state index contributed by atoms with van der Waals surface area (Å²) in [6.07, 6.45) is 3.96. The zero-order chi connectivity index (χ0) is 27.2. The Balaban J connectivity index is 1.48. The highest BCUT2D eigenvalue weighted by atomic mass is 32.2. The molecule has 0 unspecified atom stereocenters. The molecule has 3 rings (SSSR count). The molecule has 38 heavy (non-hydrogen) atoms. The number of rotatable bonds is 15. The Morgan fingerprint density at radius 2 is 1.37 bits per heavy atom. The van der Waals surface area contributed by atoms with E-state index >= 15 is 0 Å². The van der Waals surface area contributed by atoms with E-state index in [4.69, 9.17) is 4.98 Å². The molecule has 2 amide bonds. The quantitative estimate of drug-likeness (QED) is 0.248. The van der Waals surface area contributed by atoms with E-state index in [1.807, 2.05) is 54.2 Å². The smallest absolute Gasteiger partial charge is 0.251 e. The SMILES string of the molecule is CC(=O)NCCCCCCNC(=O)c1ccc(-c2cccc(-c3ccc(CSCCN(C)C)cc3)n2)cc1. The normalized spacial score (nSPS) is 10.9. The third-order valence-electron chi connectivity index (χ3n) is 6.16. The first kappa shape index (κ1) is 29.4. The molecule has 3 aromatic rings. The molecule has 2 aromatic carbocycles. The van der Waals surface area contributed by atoms with Crippen LogP contribution in [0.25, 0.3) is 22.5 Å². The molecule has 0 spiro atoms. The summed E-state index contributed by atoms with van der Waals surface area (Å²) in [6.45, 7) is 3.99. The van der Waals surface area contributed by atoms with Crippen LogP contribution in [0.1, 0.15) is 48.5 Å². The van der Waals surface area contributed by atoms with Gasteiger partial charge in [0.25, 0.3) is 5.91 Å². The molecule has 0 radical (unpaired) electrons. The molecule has 0 aliphatic heterocycles. The molecule has 2 N–H and O–H groups in total. The van der Waals surface area contributed by atoms with E-state index in [1.165, 1.54) is 12.5 Å². The average Bonchev–Trinajstić information content (AvgIpc) is 2.92. The number of unbranched alkanes of at least 4 members (excludes halogenated alkanes) is 3. The number of carbonyl (C=O) groups is 2. The summed E-state index contributed by atoms with van der Waals surface area (Å²) < 4.78 is 0. The first-order chi connectivity index (χ1) is 18.4. The highest BCUT2D eigenvalue weighted by molar-refractivity contribution is 7.98. The van der Waals surface area contributed by atoms with Gasteiger partial charge in [0.05, 0.1) is 11.4 Å². The monoisotopic (exact) mass is 532 g/mol. The van der Waals surface area contributed by atoms with Crippen LogP contribution in [-0.4, -0.2) is 61.2 Å². The molecular weight excluding hydrogens is 492 g/mol. The van der Waals surface area contributed by atoms with Gasteiger partial charge in [0.2, 0.25) is 5.91 Å². The fourth-order valence-electron chi connectivity index (χ4n) is 3.93. The maximum Gasteiger partial charge on any atom is 0.251 e. The van der Waals surface area contributed by atoms with Crippen molar-refractivity contribution in [2.24, 2.45) is 0 Å². The molecule has 0 aliphatic carbocycles. The second-order valence-corrected chi connectivity index (χ2v) is 10.8. The zero-order valence-corrected chi connectivity index (χ0v) is 23.7. The number of nitrogens with one attached hydrogen (secondary N) is 2. The topological polar surface area (TPSA) is 74.3 Å². The first-order valence-corrected chi connectivity index (χ1v) is 14.5. The number of carbonyl (C=O) groups excluding carboxylic acids is 2. The Morgan fingerprint density at radius 1 is 0.789 bits per heavy atom. The van der Waals surface area contributed by atoms with Gasteiger partial charge in [0.1, 0.15) is 0 Å². The van der Waals surface area contributed by atoms with Crippen molar-refractivity contribution in [2.75, 3.05) is 39.5 Å². The lowest BCUT2D eigenvalue weighted by atomic mass is 10.1. The number of pyridine rings is 1. The molecule has 0 bridgehead atoms. The van der Waals surface area contributed by atoms with Gasteiger partial charge in [-0.3, -0.25) is 9.59 Å². The summed E-state index contributed by atoms with van der Waals surface area (Å²) in [5.41, 5.74) is 5.88. The van der Waals surface area contributed by atoms with Crippen LogP contribution in [0.15, 0.2) is 66.7 Å². The van der Waals surface area contributed by atoms with Gasteiger partial charge >= 0.3 is 0 Å². The van der Waals surface area contributed by atoms with Gasteiger partial charge in [0.15, 0.2) is 0 Å². The van der Waals surface area contributed by atoms with Crippen molar-refractivity contribution < 1.29 is 9.59 Å². The van der Waals surface area contributed by atoms with Gasteiger partial charge in [-0.15, -0.1) is 0 Å². The number of amides is 2. The van der Waals surface area contributed by atoms with Gasteiger partial charge in [0, 0.05) is 54.8 Å². The zero-order valence-electron chi connectivity index (χ0n) is 22.8. The Bertz CT molecular complexity index is 1150. The predicted octanol–water partition coefficient (Wildman–Crippen LogP) is 5.64. The van der Waals surface area contributed by atoms with Crippen molar-refractivity contribution in [3.8, 4) is 22.5 Å². The third kappa shape index (κ3) is 10.3. The number of hydrogen-bond donors (Lipinski definition) is 2. The second kappa shape index (κ2) is 15.9. The van der Waals surface area contributed by atoms with E-state index < -0.39 is 0 Å². The summed E-state index contributed by atoms with van der Waals surface area (Å²) in [5, 5.41) is 5.80. The molecule has 0 atom stereocenters. The van der Waals surface area contributed by atoms with Gasteiger partial charge in [-0.05, 0) is 56.8 Å². The average molecular weight is 533 g/mol. The van der Waals surface area contributed by atoms with Gasteiger partial charge in [-0.1, -0.05) is 55.3 Å². The van der Waals surface area contributed by atoms with E-state index in [-0.39, 0.29) is 11.8 Å². The second-order valence-electron chi connectivity index (χ2n) is 9.69. The predicted molar refractivity (Wildman–Crippen MR) is 159 cm³/mol. The summed E-state index contributed by atoms with van der Waals surface area (Å²) in [6, 6.07) is 22.3. The van der Waals surface area contributed by atoms with Crippen LogP contribution in [0.5, 0.6) is 0 Å². The molecule has 0 aliphatic rings. The number of aromatic nitrogens is 1. The maximum absolute atomic E-state index is 12.5. The highest BCUT2D eigenvalue weighted by Gasteiger charge is 2.08. The van der Waals surface area contributed by atoms with Crippen molar-refractivity contribution in [2.45, 2.75) is 38.4 Å². The van der Waals surface area contributed by atoms with Crippen LogP contribution < -0.4 is 10.6 Å². The minimum Gasteiger partial charge on any atom is -0.356 e. The minimum atomic E-state index is -0.0588. The van der Waals surface area contributed by atoms with Gasteiger partial charge in [-0.2, -0.15) is 11.8 Å². The van der Waals surface area contributed by atoms with Crippen LogP contribution in [0.2, 0.25) is 0 Å². The van der Waals surface area contributed by atoms with E-state index in [1.54, 1.807) is 0 Å². The fourth-order valence-corrected chi connectivity index (χ4v) is 5.00. The molecule has 0 fully saturated rings. The number of thioether (sulfide) groups is 1. The van der Waals surface area contributed by atoms with Crippen molar-refractivity contribution in [3.05, 3.63) is 77.9 Å². The molecule has 0 saturated heterocycles. The molecule has 1 heterocycles. The number of hydrogen-bond acceptors (Lipinski definition) is 5. The van der Waals surface area contributed by atoms with E-state index in [0.29, 0.717) is 12.1 Å². The highest BCUT2D eigenvalue weighted by Crippen LogP contribution is 2.24. The minimum absolute atomic E-state index is 0.0119. The van der Waals surface area contributed by atoms with Crippen molar-refractivity contribution >= 4 is 23.6 Å². The van der Waals surface area contributed by atoms with Crippen molar-refractivity contribution in [1.29, 1.82) is 0 Å². The molecule has 7 heteroatoms. The third-order valence-corrected chi connectivity index (χ3v) is 7.16. The summed E-state index contributed by atoms with van der Waals surface area (Å²) >= 11 is 1.95. The lowest BCUT2D eigenvalue weighted by Crippen LogP contribution is -2.24. The van der Waals surface area contributed by atoms with Crippen LogP contribution in [-0.2, 0) is 10.5 Å². The van der Waals surface area contributed by atoms with E-state index in [9.17, 15) is 9.59 Å². The first-order valence-electron chi connectivity index (χ1n) is 13.3. The lowest BCUT2D eigenvalue weighted by Gasteiger charge is -2.09. The van der Waals surface area contributed by atoms with E-state index in [0.717, 1.165) is 72.8 Å². The van der Waals surface area contributed by atoms with Crippen molar-refractivity contribution in [1.82, 2.24) is 20.5 Å². The Hall–Kier alpha value is -3.16. The fraction of sp³-hybridized carbons (Fsp3) is 0.387. The lowest BCUT2D eigenvalue weighted by molar-refractivity contribution is -0.118. The van der Waals surface area contributed by atoms with Crippen LogP contribution in [0, 0.1) is 0 Å².